The summed E-state index contributed by atoms with van der Waals surface area (Å²) in [6.45, 7) is -1.03. The Morgan fingerprint density at radius 2 is 1.15 bits per heavy atom. The SMILES string of the molecule is O=C(O)C1(O)C[C@@H](O)C(O)[C@H](O)C1.O=C(O)C1=C[C@@H](O)[C@@H](O)[C@H](O)C1.O=C(O)c1ccccc1.O=CO.O=CO.OCC1O[C@H](O)C(O)[C@@H](O)[C@@H]1O. The molecule has 2 fully saturated rings. The number of carboxylic acid groups (broad SMARTS) is 5. The van der Waals surface area contributed by atoms with E-state index in [0.29, 0.717) is 5.56 Å². The Kier molecular flexibility index (Phi) is 23.9. The van der Waals surface area contributed by atoms with E-state index in [9.17, 15) is 19.5 Å². The number of hydrogen-bond donors (Lipinski definition) is 17. The van der Waals surface area contributed by atoms with Gasteiger partial charge in [-0.05, 0) is 18.2 Å². The van der Waals surface area contributed by atoms with Gasteiger partial charge < -0.3 is 91.5 Å². The molecule has 0 bridgehead atoms. The number of benzene rings is 1. The second-order valence-electron chi connectivity index (χ2n) is 10.7. The summed E-state index contributed by atoms with van der Waals surface area (Å²) in [6, 6.07) is 8.30. The zero-order valence-corrected chi connectivity index (χ0v) is 26.9. The average molecular weight is 761 g/mol. The van der Waals surface area contributed by atoms with Crippen LogP contribution in [-0.4, -0.2) is 197 Å². The van der Waals surface area contributed by atoms with Crippen molar-refractivity contribution in [1.82, 2.24) is 0 Å². The number of aliphatic hydroxyl groups excluding tert-OH is 11. The highest BCUT2D eigenvalue weighted by atomic mass is 16.6. The maximum Gasteiger partial charge on any atom is 0.335 e. The predicted octanol–water partition coefficient (Wildman–Crippen LogP) is -6.27. The first-order valence-corrected chi connectivity index (χ1v) is 14.5. The number of aliphatic hydroxyl groups is 12. The average Bonchev–Trinajstić information content (AvgIpc) is 3.08. The second-order valence-corrected chi connectivity index (χ2v) is 10.7. The largest absolute Gasteiger partial charge is 0.483 e. The van der Waals surface area contributed by atoms with Crippen molar-refractivity contribution >= 4 is 30.9 Å². The van der Waals surface area contributed by atoms with Gasteiger partial charge >= 0.3 is 17.9 Å². The summed E-state index contributed by atoms with van der Waals surface area (Å²) in [6.07, 6.45) is -15.1. The minimum absolute atomic E-state index is 0.0692. The van der Waals surface area contributed by atoms with E-state index in [1.165, 1.54) is 0 Å². The molecule has 2 unspecified atom stereocenters. The van der Waals surface area contributed by atoms with Gasteiger partial charge in [0.25, 0.3) is 12.9 Å². The van der Waals surface area contributed by atoms with Gasteiger partial charge in [0.15, 0.2) is 11.9 Å². The van der Waals surface area contributed by atoms with Gasteiger partial charge in [0.1, 0.15) is 42.7 Å². The van der Waals surface area contributed by atoms with Crippen LogP contribution in [0.3, 0.4) is 0 Å². The van der Waals surface area contributed by atoms with E-state index < -0.39 is 110 Å². The zero-order valence-electron chi connectivity index (χ0n) is 26.9. The highest BCUT2D eigenvalue weighted by Gasteiger charge is 2.48. The molecule has 23 nitrogen and oxygen atoms in total. The molecule has 23 heteroatoms. The van der Waals surface area contributed by atoms with E-state index in [0.717, 1.165) is 6.08 Å². The molecule has 1 aliphatic heterocycles. The minimum Gasteiger partial charge on any atom is -0.483 e. The number of ether oxygens (including phenoxy) is 1. The molecule has 10 atom stereocenters. The molecule has 0 aromatic heterocycles. The van der Waals surface area contributed by atoms with Crippen LogP contribution in [0.4, 0.5) is 0 Å². The van der Waals surface area contributed by atoms with Gasteiger partial charge in [0, 0.05) is 24.8 Å². The van der Waals surface area contributed by atoms with Gasteiger partial charge in [0.2, 0.25) is 0 Å². The van der Waals surface area contributed by atoms with Crippen LogP contribution in [0, 0.1) is 0 Å². The fraction of sp³-hybridized carbons (Fsp3) is 0.552. The molecule has 1 heterocycles. The van der Waals surface area contributed by atoms with Crippen molar-refractivity contribution in [2.45, 2.75) is 92.2 Å². The van der Waals surface area contributed by atoms with Gasteiger partial charge in [0.05, 0.1) is 30.5 Å². The number of aliphatic carboxylic acids is 2. The maximum absolute atomic E-state index is 10.5. The highest BCUT2D eigenvalue weighted by Crippen LogP contribution is 2.29. The molecule has 1 saturated heterocycles. The van der Waals surface area contributed by atoms with Gasteiger partial charge in [-0.3, -0.25) is 9.59 Å². The van der Waals surface area contributed by atoms with Crippen LogP contribution in [0.5, 0.6) is 0 Å². The van der Waals surface area contributed by atoms with Crippen LogP contribution in [0.2, 0.25) is 0 Å². The highest BCUT2D eigenvalue weighted by molar-refractivity contribution is 5.87. The topological polar surface area (TPSA) is 438 Å². The molecule has 0 radical (unpaired) electrons. The van der Waals surface area contributed by atoms with Gasteiger partial charge in [-0.1, -0.05) is 18.2 Å². The standard InChI is InChI=1S/C7H12O6.C7H10O5.C7H6O2.C6H12O6.2CH2O2/c8-3-1-7(13,6(11)12)2-4(9)5(3)10;8-4-1-3(7(11)12)2-5(9)6(4)10;8-7(9)6-4-2-1-3-5-6;7-1-2-3(8)4(9)5(10)6(11)12-2;2*2-1-3/h3-5,8-10,13H,1-2H2,(H,11,12);1,4-6,8-10H,2H2,(H,11,12);1-5H,(H,8,9);2-11H,1H2;2*1H,(H,2,3)/t3-,4-,5?,7?;4-,5-,6-;;2?,3-,4+,5?,6+;;/m11.1../s1. The Hall–Kier alpha value is -4.21. The van der Waals surface area contributed by atoms with Crippen LogP contribution in [0.25, 0.3) is 0 Å². The van der Waals surface area contributed by atoms with Crippen LogP contribution >= 0.6 is 0 Å². The van der Waals surface area contributed by atoms with E-state index >= 15 is 0 Å². The Balaban J connectivity index is 0. The fourth-order valence-corrected chi connectivity index (χ4v) is 4.22. The Morgan fingerprint density at radius 3 is 1.50 bits per heavy atom. The van der Waals surface area contributed by atoms with Gasteiger partial charge in [-0.2, -0.15) is 0 Å². The predicted molar refractivity (Wildman–Crippen MR) is 165 cm³/mol. The Morgan fingerprint density at radius 1 is 0.692 bits per heavy atom. The van der Waals surface area contributed by atoms with E-state index in [1.807, 2.05) is 0 Å². The fourth-order valence-electron chi connectivity index (χ4n) is 4.22. The minimum atomic E-state index is -2.14. The van der Waals surface area contributed by atoms with Crippen molar-refractivity contribution in [3.63, 3.8) is 0 Å². The van der Waals surface area contributed by atoms with Gasteiger partial charge in [-0.15, -0.1) is 0 Å². The molecule has 4 rings (SSSR count). The molecule has 1 aromatic carbocycles. The number of carbonyl (C=O) groups is 5. The molecule has 17 N–H and O–H groups in total. The Bertz CT molecular complexity index is 1220. The number of carboxylic acids is 3. The van der Waals surface area contributed by atoms with Crippen LogP contribution in [-0.2, 0) is 23.9 Å². The molecular formula is C29H44O23. The first-order chi connectivity index (χ1) is 24.1. The molecule has 2 aliphatic carbocycles. The van der Waals surface area contributed by atoms with Crippen molar-refractivity contribution in [2.24, 2.45) is 0 Å². The summed E-state index contributed by atoms with van der Waals surface area (Å²) < 4.78 is 4.58. The molecule has 0 amide bonds. The number of aromatic carboxylic acids is 1. The third-order valence-electron chi connectivity index (χ3n) is 6.99. The van der Waals surface area contributed by atoms with Crippen LogP contribution in [0.1, 0.15) is 29.6 Å². The lowest BCUT2D eigenvalue weighted by atomic mass is 9.80. The molecule has 1 aromatic rings. The smallest absolute Gasteiger partial charge is 0.335 e. The van der Waals surface area contributed by atoms with Crippen molar-refractivity contribution in [2.75, 3.05) is 6.61 Å². The van der Waals surface area contributed by atoms with Crippen molar-refractivity contribution < 1.29 is 116 Å². The summed E-state index contributed by atoms with van der Waals surface area (Å²) in [5, 5.41) is 148. The number of rotatable bonds is 4. The first-order valence-electron chi connectivity index (χ1n) is 14.5. The summed E-state index contributed by atoms with van der Waals surface area (Å²) in [4.78, 5) is 47.8. The lowest BCUT2D eigenvalue weighted by Crippen LogP contribution is -2.58. The first kappa shape index (κ1) is 49.9. The van der Waals surface area contributed by atoms with Crippen LogP contribution < -0.4 is 0 Å². The molecule has 298 valence electrons. The molecule has 52 heavy (non-hydrogen) atoms. The molecule has 1 saturated carbocycles. The van der Waals surface area contributed by atoms with E-state index in [4.69, 9.17) is 91.3 Å². The molecule has 3 aliphatic rings. The molecular weight excluding hydrogens is 716 g/mol. The third kappa shape index (κ3) is 16.9. The van der Waals surface area contributed by atoms with Crippen molar-refractivity contribution in [3.05, 3.63) is 47.5 Å². The summed E-state index contributed by atoms with van der Waals surface area (Å²) in [5.74, 6) is -3.56. The lowest BCUT2D eigenvalue weighted by Gasteiger charge is -2.37. The van der Waals surface area contributed by atoms with E-state index in [1.54, 1.807) is 30.3 Å². The zero-order chi connectivity index (χ0) is 40.9. The quantitative estimate of drug-likeness (QED) is 0.127. The van der Waals surface area contributed by atoms with Gasteiger partial charge in [-0.25, -0.2) is 14.4 Å². The maximum atomic E-state index is 10.5. The second kappa shape index (κ2) is 24.9. The number of hydrogen-bond acceptors (Lipinski definition) is 18. The summed E-state index contributed by atoms with van der Waals surface area (Å²) in [7, 11) is 0. The third-order valence-corrected chi connectivity index (χ3v) is 6.99. The molecule has 0 spiro atoms. The van der Waals surface area contributed by atoms with Crippen molar-refractivity contribution in [1.29, 1.82) is 0 Å². The van der Waals surface area contributed by atoms with Crippen LogP contribution in [0.15, 0.2) is 42.0 Å². The van der Waals surface area contributed by atoms with Crippen molar-refractivity contribution in [3.8, 4) is 0 Å². The lowest BCUT2D eigenvalue weighted by molar-refractivity contribution is -0.286. The summed E-state index contributed by atoms with van der Waals surface area (Å²) in [5.41, 5.74) is -1.88. The normalized spacial score (nSPS) is 33.2. The summed E-state index contributed by atoms with van der Waals surface area (Å²) >= 11 is 0. The van der Waals surface area contributed by atoms with E-state index in [2.05, 4.69) is 4.74 Å². The monoisotopic (exact) mass is 760 g/mol. The van der Waals surface area contributed by atoms with E-state index in [-0.39, 0.29) is 24.9 Å². The Labute approximate surface area is 293 Å².